The number of carbonyl (C=O) groups is 1. The smallest absolute Gasteiger partial charge is 0.240 e. The van der Waals surface area contributed by atoms with Gasteiger partial charge in [-0.2, -0.15) is 0 Å². The molecule has 0 spiro atoms. The largest absolute Gasteiger partial charge is 0.361 e. The molecule has 0 aromatic carbocycles. The van der Waals surface area contributed by atoms with Gasteiger partial charge >= 0.3 is 0 Å². The van der Waals surface area contributed by atoms with Crippen LogP contribution >= 0.6 is 0 Å². The van der Waals surface area contributed by atoms with Gasteiger partial charge in [0.2, 0.25) is 5.91 Å². The van der Waals surface area contributed by atoms with Crippen molar-refractivity contribution in [3.8, 4) is 0 Å². The van der Waals surface area contributed by atoms with Crippen molar-refractivity contribution >= 4 is 5.91 Å². The quantitative estimate of drug-likeness (QED) is 0.774. The zero-order valence-electron chi connectivity index (χ0n) is 11.9. The topological polar surface area (TPSA) is 49.6 Å². The number of hydrogen-bond acceptors (Lipinski definition) is 4. The van der Waals surface area contributed by atoms with Gasteiger partial charge in [-0.15, -0.1) is 0 Å². The van der Waals surface area contributed by atoms with E-state index in [-0.39, 0.29) is 11.9 Å². The van der Waals surface area contributed by atoms with Crippen LogP contribution in [0.25, 0.3) is 0 Å². The average Bonchev–Trinajstić information content (AvgIpc) is 2.75. The maximum atomic E-state index is 12.3. The molecule has 0 saturated carbocycles. The Hall–Kier alpha value is -1.36. The normalized spacial score (nSPS) is 12.8. The number of aromatic nitrogens is 1. The summed E-state index contributed by atoms with van der Waals surface area (Å²) in [5.74, 6) is 0.895. The van der Waals surface area contributed by atoms with Crippen molar-refractivity contribution in [2.45, 2.75) is 39.8 Å². The first-order chi connectivity index (χ1) is 8.49. The predicted molar refractivity (Wildman–Crippen MR) is 70.1 cm³/mol. The number of nitrogens with zero attached hydrogens (tertiary/aromatic N) is 3. The monoisotopic (exact) mass is 253 g/mol. The molecule has 1 aromatic heterocycles. The molecule has 5 heteroatoms. The summed E-state index contributed by atoms with van der Waals surface area (Å²) in [5, 5.41) is 3.91. The Labute approximate surface area is 109 Å². The lowest BCUT2D eigenvalue weighted by molar-refractivity contribution is -0.135. The molecule has 1 rings (SSSR count). The van der Waals surface area contributed by atoms with Gasteiger partial charge < -0.3 is 9.42 Å². The van der Waals surface area contributed by atoms with Gasteiger partial charge in [0.05, 0.1) is 12.6 Å². The Bertz CT molecular complexity index is 389. The van der Waals surface area contributed by atoms with Crippen LogP contribution in [-0.4, -0.2) is 47.5 Å². The van der Waals surface area contributed by atoms with E-state index in [0.29, 0.717) is 6.54 Å². The minimum atomic E-state index is -0.0620. The lowest BCUT2D eigenvalue weighted by Crippen LogP contribution is -2.45. The highest BCUT2D eigenvalue weighted by Crippen LogP contribution is 2.09. The third-order valence-electron chi connectivity index (χ3n) is 3.15. The molecule has 1 heterocycles. The van der Waals surface area contributed by atoms with Crippen LogP contribution in [0.1, 0.15) is 31.7 Å². The number of amides is 1. The molecule has 102 valence electrons. The number of hydrogen-bond donors (Lipinski definition) is 0. The summed E-state index contributed by atoms with van der Waals surface area (Å²) in [6.07, 6.45) is 0.811. The summed E-state index contributed by atoms with van der Waals surface area (Å²) in [5.41, 5.74) is 0.789. The molecular weight excluding hydrogens is 230 g/mol. The Balaban J connectivity index is 2.64. The van der Waals surface area contributed by atoms with E-state index in [1.165, 1.54) is 0 Å². The van der Waals surface area contributed by atoms with Crippen LogP contribution in [0.4, 0.5) is 0 Å². The Morgan fingerprint density at radius 2 is 2.11 bits per heavy atom. The van der Waals surface area contributed by atoms with E-state index in [1.807, 2.05) is 27.0 Å². The molecule has 0 aliphatic carbocycles. The lowest BCUT2D eigenvalue weighted by atomic mass is 10.1. The SMILES string of the molecule is CCC(C(=O)N(C)Cc1cc(C)on1)N(C)CC. The molecule has 0 radical (unpaired) electrons. The summed E-state index contributed by atoms with van der Waals surface area (Å²) < 4.78 is 5.00. The van der Waals surface area contributed by atoms with Crippen LogP contribution in [0.15, 0.2) is 10.6 Å². The number of carbonyl (C=O) groups excluding carboxylic acids is 1. The molecule has 1 unspecified atom stereocenters. The van der Waals surface area contributed by atoms with E-state index in [4.69, 9.17) is 4.52 Å². The second kappa shape index (κ2) is 6.54. The molecule has 1 aromatic rings. The number of rotatable bonds is 6. The van der Waals surface area contributed by atoms with E-state index < -0.39 is 0 Å². The fourth-order valence-electron chi connectivity index (χ4n) is 1.96. The fraction of sp³-hybridized carbons (Fsp3) is 0.692. The number of likely N-dealkylation sites (N-methyl/N-ethyl adjacent to an activating group) is 2. The zero-order valence-corrected chi connectivity index (χ0v) is 11.9. The third-order valence-corrected chi connectivity index (χ3v) is 3.15. The van der Waals surface area contributed by atoms with Crippen molar-refractivity contribution in [1.29, 1.82) is 0 Å². The first kappa shape index (κ1) is 14.7. The highest BCUT2D eigenvalue weighted by atomic mass is 16.5. The van der Waals surface area contributed by atoms with Crippen LogP contribution in [0.3, 0.4) is 0 Å². The minimum absolute atomic E-state index is 0.0620. The van der Waals surface area contributed by atoms with Gasteiger partial charge in [-0.05, 0) is 26.9 Å². The molecule has 1 amide bonds. The molecule has 0 aliphatic heterocycles. The van der Waals surface area contributed by atoms with Crippen LogP contribution < -0.4 is 0 Å². The van der Waals surface area contributed by atoms with E-state index in [9.17, 15) is 4.79 Å². The van der Waals surface area contributed by atoms with Crippen LogP contribution in [0.5, 0.6) is 0 Å². The fourth-order valence-corrected chi connectivity index (χ4v) is 1.96. The summed E-state index contributed by atoms with van der Waals surface area (Å²) in [6, 6.07) is 1.79. The molecule has 0 saturated heterocycles. The second-order valence-electron chi connectivity index (χ2n) is 4.62. The van der Waals surface area contributed by atoms with Gasteiger partial charge in [-0.25, -0.2) is 0 Å². The zero-order chi connectivity index (χ0) is 13.7. The molecule has 0 bridgehead atoms. The van der Waals surface area contributed by atoms with Gasteiger partial charge in [0.15, 0.2) is 0 Å². The lowest BCUT2D eigenvalue weighted by Gasteiger charge is -2.28. The van der Waals surface area contributed by atoms with Crippen LogP contribution in [0, 0.1) is 6.92 Å². The van der Waals surface area contributed by atoms with Crippen LogP contribution in [0.2, 0.25) is 0 Å². The summed E-state index contributed by atoms with van der Waals surface area (Å²) in [6.45, 7) is 7.28. The first-order valence-electron chi connectivity index (χ1n) is 6.37. The highest BCUT2D eigenvalue weighted by Gasteiger charge is 2.24. The van der Waals surface area contributed by atoms with E-state index in [2.05, 4.69) is 17.0 Å². The highest BCUT2D eigenvalue weighted by molar-refractivity contribution is 5.81. The molecule has 1 atom stereocenters. The molecular formula is C13H23N3O2. The summed E-state index contributed by atoms with van der Waals surface area (Å²) >= 11 is 0. The molecule has 18 heavy (non-hydrogen) atoms. The summed E-state index contributed by atoms with van der Waals surface area (Å²) in [7, 11) is 3.78. The van der Waals surface area contributed by atoms with Crippen molar-refractivity contribution in [2.24, 2.45) is 0 Å². The Kier molecular flexibility index (Phi) is 5.34. The van der Waals surface area contributed by atoms with Gasteiger partial charge in [0, 0.05) is 13.1 Å². The van der Waals surface area contributed by atoms with Crippen molar-refractivity contribution in [3.63, 3.8) is 0 Å². The van der Waals surface area contributed by atoms with Crippen molar-refractivity contribution in [1.82, 2.24) is 15.0 Å². The van der Waals surface area contributed by atoms with Gasteiger partial charge in [-0.1, -0.05) is 19.0 Å². The van der Waals surface area contributed by atoms with Gasteiger partial charge in [0.1, 0.15) is 11.5 Å². The van der Waals surface area contributed by atoms with Crippen molar-refractivity contribution in [2.75, 3.05) is 20.6 Å². The predicted octanol–water partition coefficient (Wildman–Crippen LogP) is 1.67. The van der Waals surface area contributed by atoms with E-state index in [1.54, 1.807) is 11.9 Å². The average molecular weight is 253 g/mol. The second-order valence-corrected chi connectivity index (χ2v) is 4.62. The van der Waals surface area contributed by atoms with E-state index >= 15 is 0 Å². The molecule has 0 N–H and O–H groups in total. The maximum absolute atomic E-state index is 12.3. The molecule has 0 fully saturated rings. The molecule has 5 nitrogen and oxygen atoms in total. The van der Waals surface area contributed by atoms with Crippen molar-refractivity contribution in [3.05, 3.63) is 17.5 Å². The Morgan fingerprint density at radius 3 is 2.56 bits per heavy atom. The van der Waals surface area contributed by atoms with Crippen molar-refractivity contribution < 1.29 is 9.32 Å². The molecule has 0 aliphatic rings. The minimum Gasteiger partial charge on any atom is -0.361 e. The first-order valence-corrected chi connectivity index (χ1v) is 6.37. The Morgan fingerprint density at radius 1 is 1.44 bits per heavy atom. The summed E-state index contributed by atoms with van der Waals surface area (Å²) in [4.78, 5) is 16.1. The van der Waals surface area contributed by atoms with Gasteiger partial charge in [-0.3, -0.25) is 9.69 Å². The third kappa shape index (κ3) is 3.57. The van der Waals surface area contributed by atoms with E-state index in [0.717, 1.165) is 24.4 Å². The maximum Gasteiger partial charge on any atom is 0.240 e. The number of aryl methyl sites for hydroxylation is 1. The standard InChI is InChI=1S/C13H23N3O2/c1-6-12(15(4)7-2)13(17)16(5)9-11-8-10(3)18-14-11/h8,12H,6-7,9H2,1-5H3. The van der Waals surface area contributed by atoms with Gasteiger partial charge in [0.25, 0.3) is 0 Å². The van der Waals surface area contributed by atoms with Crippen LogP contribution in [-0.2, 0) is 11.3 Å².